The number of hydrogen-bond donors (Lipinski definition) is 1. The van der Waals surface area contributed by atoms with E-state index in [1.165, 1.54) is 11.3 Å². The van der Waals surface area contributed by atoms with Gasteiger partial charge in [-0.05, 0) is 22.9 Å². The SMILES string of the molecule is O=C(O)Cc1nc(-c2cc3ccccc3cn2)oc1-c1cccs1. The number of carboxylic acids is 1. The van der Waals surface area contributed by atoms with E-state index in [0.29, 0.717) is 23.0 Å². The quantitative estimate of drug-likeness (QED) is 0.603. The third-order valence-corrected chi connectivity index (χ3v) is 4.48. The average molecular weight is 336 g/mol. The Kier molecular flexibility index (Phi) is 3.59. The summed E-state index contributed by atoms with van der Waals surface area (Å²) in [6, 6.07) is 13.5. The summed E-state index contributed by atoms with van der Waals surface area (Å²) in [5.41, 5.74) is 0.998. The number of benzene rings is 1. The summed E-state index contributed by atoms with van der Waals surface area (Å²) >= 11 is 1.48. The monoisotopic (exact) mass is 336 g/mol. The van der Waals surface area contributed by atoms with Crippen LogP contribution in [-0.2, 0) is 11.2 Å². The lowest BCUT2D eigenvalue weighted by Crippen LogP contribution is -2.01. The summed E-state index contributed by atoms with van der Waals surface area (Å²) in [4.78, 5) is 20.7. The third kappa shape index (κ3) is 2.68. The molecule has 0 aliphatic heterocycles. The van der Waals surface area contributed by atoms with Gasteiger partial charge in [-0.1, -0.05) is 30.3 Å². The number of carboxylic acid groups (broad SMARTS) is 1. The second-order valence-corrected chi connectivity index (χ2v) is 6.21. The Balaban J connectivity index is 1.83. The second-order valence-electron chi connectivity index (χ2n) is 5.26. The van der Waals surface area contributed by atoms with Crippen molar-refractivity contribution in [1.82, 2.24) is 9.97 Å². The van der Waals surface area contributed by atoms with Gasteiger partial charge in [-0.15, -0.1) is 11.3 Å². The van der Waals surface area contributed by atoms with E-state index in [0.717, 1.165) is 15.6 Å². The van der Waals surface area contributed by atoms with E-state index in [-0.39, 0.29) is 6.42 Å². The number of oxazole rings is 1. The van der Waals surface area contributed by atoms with E-state index in [1.54, 1.807) is 6.20 Å². The molecule has 0 spiro atoms. The number of rotatable bonds is 4. The van der Waals surface area contributed by atoms with Gasteiger partial charge in [0.25, 0.3) is 0 Å². The van der Waals surface area contributed by atoms with Crippen LogP contribution >= 0.6 is 11.3 Å². The summed E-state index contributed by atoms with van der Waals surface area (Å²) in [6.45, 7) is 0. The van der Waals surface area contributed by atoms with Gasteiger partial charge < -0.3 is 9.52 Å². The average Bonchev–Trinajstić information content (AvgIpc) is 3.23. The molecule has 0 aliphatic rings. The van der Waals surface area contributed by atoms with Crippen molar-refractivity contribution in [3.63, 3.8) is 0 Å². The zero-order valence-electron chi connectivity index (χ0n) is 12.5. The van der Waals surface area contributed by atoms with Crippen LogP contribution in [0.4, 0.5) is 0 Å². The minimum absolute atomic E-state index is 0.190. The van der Waals surface area contributed by atoms with Crippen LogP contribution in [0.25, 0.3) is 33.0 Å². The van der Waals surface area contributed by atoms with Gasteiger partial charge in [0.2, 0.25) is 5.89 Å². The van der Waals surface area contributed by atoms with Gasteiger partial charge in [0, 0.05) is 11.6 Å². The van der Waals surface area contributed by atoms with Crippen molar-refractivity contribution in [2.45, 2.75) is 6.42 Å². The summed E-state index contributed by atoms with van der Waals surface area (Å²) in [6.07, 6.45) is 1.57. The molecular formula is C18H12N2O3S. The van der Waals surface area contributed by atoms with Gasteiger partial charge in [-0.2, -0.15) is 0 Å². The molecule has 6 heteroatoms. The lowest BCUT2D eigenvalue weighted by Gasteiger charge is -1.99. The smallest absolute Gasteiger partial charge is 0.309 e. The molecule has 5 nitrogen and oxygen atoms in total. The molecule has 0 bridgehead atoms. The molecule has 1 aromatic carbocycles. The van der Waals surface area contributed by atoms with Crippen molar-refractivity contribution in [1.29, 1.82) is 0 Å². The number of aliphatic carboxylic acids is 1. The van der Waals surface area contributed by atoms with Crippen LogP contribution < -0.4 is 0 Å². The number of hydrogen-bond acceptors (Lipinski definition) is 5. The highest BCUT2D eigenvalue weighted by Crippen LogP contribution is 2.33. The first-order valence-corrected chi connectivity index (χ1v) is 8.19. The lowest BCUT2D eigenvalue weighted by atomic mass is 10.1. The Morgan fingerprint density at radius 1 is 1.17 bits per heavy atom. The van der Waals surface area contributed by atoms with Crippen molar-refractivity contribution in [3.05, 3.63) is 59.7 Å². The van der Waals surface area contributed by atoms with E-state index < -0.39 is 5.97 Å². The molecule has 3 aromatic heterocycles. The standard InChI is InChI=1S/C18H12N2O3S/c21-16(22)9-13-17(15-6-3-7-24-15)23-18(20-13)14-8-11-4-1-2-5-12(11)10-19-14/h1-8,10H,9H2,(H,21,22). The minimum atomic E-state index is -0.945. The molecule has 0 amide bonds. The molecule has 0 aliphatic carbocycles. The molecule has 0 radical (unpaired) electrons. The van der Waals surface area contributed by atoms with Crippen molar-refractivity contribution in [2.24, 2.45) is 0 Å². The molecule has 24 heavy (non-hydrogen) atoms. The topological polar surface area (TPSA) is 76.2 Å². The Morgan fingerprint density at radius 3 is 2.75 bits per heavy atom. The third-order valence-electron chi connectivity index (χ3n) is 3.61. The fourth-order valence-electron chi connectivity index (χ4n) is 2.53. The van der Waals surface area contributed by atoms with E-state index in [2.05, 4.69) is 9.97 Å². The van der Waals surface area contributed by atoms with Crippen LogP contribution in [0, 0.1) is 0 Å². The van der Waals surface area contributed by atoms with Gasteiger partial charge in [-0.3, -0.25) is 9.78 Å². The van der Waals surface area contributed by atoms with Gasteiger partial charge >= 0.3 is 5.97 Å². The van der Waals surface area contributed by atoms with Crippen molar-refractivity contribution < 1.29 is 14.3 Å². The lowest BCUT2D eigenvalue weighted by molar-refractivity contribution is -0.136. The van der Waals surface area contributed by atoms with Gasteiger partial charge in [0.1, 0.15) is 5.69 Å². The van der Waals surface area contributed by atoms with Crippen LogP contribution in [0.5, 0.6) is 0 Å². The molecule has 1 N–H and O–H groups in total. The first-order valence-electron chi connectivity index (χ1n) is 7.31. The largest absolute Gasteiger partial charge is 0.481 e. The van der Waals surface area contributed by atoms with E-state index in [1.807, 2.05) is 47.8 Å². The Bertz CT molecular complexity index is 1020. The number of aromatic nitrogens is 2. The molecule has 0 unspecified atom stereocenters. The van der Waals surface area contributed by atoms with Crippen LogP contribution in [0.3, 0.4) is 0 Å². The maximum Gasteiger partial charge on any atom is 0.309 e. The highest BCUT2D eigenvalue weighted by Gasteiger charge is 2.20. The normalized spacial score (nSPS) is 11.0. The minimum Gasteiger partial charge on any atom is -0.481 e. The number of thiophene rings is 1. The van der Waals surface area contributed by atoms with Crippen LogP contribution in [0.1, 0.15) is 5.69 Å². The molecule has 118 valence electrons. The molecule has 0 saturated heterocycles. The van der Waals surface area contributed by atoms with E-state index in [4.69, 9.17) is 9.52 Å². The molecule has 4 rings (SSSR count). The molecule has 0 atom stereocenters. The maximum absolute atomic E-state index is 11.1. The highest BCUT2D eigenvalue weighted by molar-refractivity contribution is 7.13. The molecule has 3 heterocycles. The van der Waals surface area contributed by atoms with Crippen LogP contribution in [-0.4, -0.2) is 21.0 Å². The Hall–Kier alpha value is -2.99. The zero-order chi connectivity index (χ0) is 16.5. The zero-order valence-corrected chi connectivity index (χ0v) is 13.3. The number of fused-ring (bicyclic) bond motifs is 1. The first-order chi connectivity index (χ1) is 11.7. The second kappa shape index (κ2) is 5.90. The van der Waals surface area contributed by atoms with Gasteiger partial charge in [0.15, 0.2) is 5.76 Å². The summed E-state index contributed by atoms with van der Waals surface area (Å²) < 4.78 is 5.87. The van der Waals surface area contributed by atoms with E-state index >= 15 is 0 Å². The first kappa shape index (κ1) is 14.6. The Morgan fingerprint density at radius 2 is 2.00 bits per heavy atom. The summed E-state index contributed by atoms with van der Waals surface area (Å²) in [5.74, 6) is -0.114. The van der Waals surface area contributed by atoms with E-state index in [9.17, 15) is 4.79 Å². The van der Waals surface area contributed by atoms with Crippen molar-refractivity contribution >= 4 is 28.1 Å². The predicted molar refractivity (Wildman–Crippen MR) is 91.9 cm³/mol. The van der Waals surface area contributed by atoms with Crippen molar-refractivity contribution in [2.75, 3.05) is 0 Å². The molecule has 0 fully saturated rings. The van der Waals surface area contributed by atoms with Crippen LogP contribution in [0.2, 0.25) is 0 Å². The molecular weight excluding hydrogens is 324 g/mol. The van der Waals surface area contributed by atoms with Crippen molar-refractivity contribution in [3.8, 4) is 22.2 Å². The number of nitrogens with zero attached hydrogens (tertiary/aromatic N) is 2. The summed E-state index contributed by atoms with van der Waals surface area (Å²) in [5, 5.41) is 13.1. The fraction of sp³-hybridized carbons (Fsp3) is 0.0556. The molecule has 0 saturated carbocycles. The molecule has 4 aromatic rings. The highest BCUT2D eigenvalue weighted by atomic mass is 32.1. The maximum atomic E-state index is 11.1. The van der Waals surface area contributed by atoms with Gasteiger partial charge in [0.05, 0.1) is 17.0 Å². The Labute approximate surface area is 141 Å². The fourth-order valence-corrected chi connectivity index (χ4v) is 3.25. The summed E-state index contributed by atoms with van der Waals surface area (Å²) in [7, 11) is 0. The predicted octanol–water partition coefficient (Wildman–Crippen LogP) is 4.25. The van der Waals surface area contributed by atoms with Crippen LogP contribution in [0.15, 0.2) is 58.5 Å². The number of carbonyl (C=O) groups is 1. The number of pyridine rings is 1. The van der Waals surface area contributed by atoms with Gasteiger partial charge in [-0.25, -0.2) is 4.98 Å².